The molecule has 1 fully saturated rings. The van der Waals surface area contributed by atoms with E-state index in [2.05, 4.69) is 0 Å². The largest absolute Gasteiger partial charge is 0.336 e. The van der Waals surface area contributed by atoms with Crippen LogP contribution in [0, 0.1) is 17.0 Å². The zero-order valence-corrected chi connectivity index (χ0v) is 13.2. The second-order valence-electron chi connectivity index (χ2n) is 5.21. The van der Waals surface area contributed by atoms with Crippen molar-refractivity contribution >= 4 is 21.6 Å². The quantitative estimate of drug-likeness (QED) is 0.598. The molecule has 0 N–H and O–H groups in total. The van der Waals surface area contributed by atoms with Crippen LogP contribution in [0.5, 0.6) is 0 Å². The summed E-state index contributed by atoms with van der Waals surface area (Å²) >= 11 is 0. The van der Waals surface area contributed by atoms with Crippen molar-refractivity contribution in [3.63, 3.8) is 0 Å². The van der Waals surface area contributed by atoms with Gasteiger partial charge in [0.25, 0.3) is 11.6 Å². The first kappa shape index (κ1) is 16.4. The Kier molecular flexibility index (Phi) is 4.47. The lowest BCUT2D eigenvalue weighted by molar-refractivity contribution is -0.385. The Morgan fingerprint density at radius 3 is 2.27 bits per heavy atom. The number of rotatable bonds is 3. The lowest BCUT2D eigenvalue weighted by Gasteiger charge is -2.33. The van der Waals surface area contributed by atoms with Gasteiger partial charge in [-0.1, -0.05) is 0 Å². The van der Waals surface area contributed by atoms with E-state index in [4.69, 9.17) is 0 Å². The van der Waals surface area contributed by atoms with Gasteiger partial charge in [0.05, 0.1) is 11.2 Å². The number of carbonyl (C=O) groups is 1. The van der Waals surface area contributed by atoms with Gasteiger partial charge in [0, 0.05) is 43.4 Å². The first-order valence-electron chi connectivity index (χ1n) is 6.69. The van der Waals surface area contributed by atoms with E-state index in [9.17, 15) is 23.3 Å². The zero-order valence-electron chi connectivity index (χ0n) is 12.4. The van der Waals surface area contributed by atoms with Gasteiger partial charge in [0.15, 0.2) is 0 Å². The molecule has 1 heterocycles. The minimum atomic E-state index is -3.24. The number of hydrogen-bond acceptors (Lipinski definition) is 5. The molecule has 0 atom stereocenters. The van der Waals surface area contributed by atoms with Gasteiger partial charge in [-0.05, 0) is 19.1 Å². The molecule has 0 spiro atoms. The van der Waals surface area contributed by atoms with Crippen molar-refractivity contribution in [3.05, 3.63) is 39.4 Å². The van der Waals surface area contributed by atoms with Gasteiger partial charge in [-0.2, -0.15) is 4.31 Å². The Morgan fingerprint density at radius 2 is 1.82 bits per heavy atom. The molecule has 1 aliphatic rings. The van der Waals surface area contributed by atoms with E-state index in [1.54, 1.807) is 11.8 Å². The highest BCUT2D eigenvalue weighted by Gasteiger charge is 2.27. The predicted molar refractivity (Wildman–Crippen MR) is 80.2 cm³/mol. The zero-order chi connectivity index (χ0) is 16.5. The van der Waals surface area contributed by atoms with Crippen molar-refractivity contribution in [2.75, 3.05) is 32.4 Å². The lowest BCUT2D eigenvalue weighted by Crippen LogP contribution is -2.50. The molecule has 22 heavy (non-hydrogen) atoms. The number of aryl methyl sites for hydroxylation is 1. The molecule has 9 heteroatoms. The smallest absolute Gasteiger partial charge is 0.272 e. The van der Waals surface area contributed by atoms with Crippen molar-refractivity contribution in [1.82, 2.24) is 9.21 Å². The molecular formula is C13H17N3O5S. The van der Waals surface area contributed by atoms with E-state index < -0.39 is 14.9 Å². The number of hydrogen-bond donors (Lipinski definition) is 0. The third kappa shape index (κ3) is 3.42. The highest BCUT2D eigenvalue weighted by atomic mass is 32.2. The topological polar surface area (TPSA) is 101 Å². The van der Waals surface area contributed by atoms with Gasteiger partial charge in [-0.3, -0.25) is 14.9 Å². The van der Waals surface area contributed by atoms with Crippen LogP contribution in [0.1, 0.15) is 15.9 Å². The number of nitro benzene ring substituents is 1. The number of nitro groups is 1. The van der Waals surface area contributed by atoms with Gasteiger partial charge < -0.3 is 4.90 Å². The summed E-state index contributed by atoms with van der Waals surface area (Å²) in [5.74, 6) is -0.244. The molecule has 0 radical (unpaired) electrons. The molecule has 1 saturated heterocycles. The van der Waals surface area contributed by atoms with Crippen LogP contribution in [0.15, 0.2) is 18.2 Å². The van der Waals surface area contributed by atoms with Crippen LogP contribution < -0.4 is 0 Å². The minimum absolute atomic E-state index is 0.0292. The SMILES string of the molecule is Cc1cc(C(=O)N2CCN(S(C)(=O)=O)CC2)ccc1[N+](=O)[O-]. The summed E-state index contributed by atoms with van der Waals surface area (Å²) in [6.07, 6.45) is 1.14. The first-order chi connectivity index (χ1) is 10.2. The fourth-order valence-electron chi connectivity index (χ4n) is 2.40. The monoisotopic (exact) mass is 327 g/mol. The average molecular weight is 327 g/mol. The minimum Gasteiger partial charge on any atom is -0.336 e. The van der Waals surface area contributed by atoms with Crippen LogP contribution in [-0.2, 0) is 10.0 Å². The fourth-order valence-corrected chi connectivity index (χ4v) is 3.23. The summed E-state index contributed by atoms with van der Waals surface area (Å²) < 4.78 is 24.2. The van der Waals surface area contributed by atoms with E-state index in [-0.39, 0.29) is 24.7 Å². The fraction of sp³-hybridized carbons (Fsp3) is 0.462. The third-order valence-electron chi connectivity index (χ3n) is 3.64. The van der Waals surface area contributed by atoms with Gasteiger partial charge in [-0.25, -0.2) is 8.42 Å². The molecule has 8 nitrogen and oxygen atoms in total. The van der Waals surface area contributed by atoms with Crippen LogP contribution >= 0.6 is 0 Å². The van der Waals surface area contributed by atoms with Crippen molar-refractivity contribution in [2.24, 2.45) is 0 Å². The van der Waals surface area contributed by atoms with Crippen LogP contribution in [0.3, 0.4) is 0 Å². The maximum Gasteiger partial charge on any atom is 0.272 e. The molecule has 0 aromatic heterocycles. The standard InChI is InChI=1S/C13H17N3O5S/c1-10-9-11(3-4-12(10)16(18)19)13(17)14-5-7-15(8-6-14)22(2,20)21/h3-4,9H,5-8H2,1-2H3. The van der Waals surface area contributed by atoms with Crippen molar-refractivity contribution in [2.45, 2.75) is 6.92 Å². The normalized spacial score (nSPS) is 16.5. The van der Waals surface area contributed by atoms with E-state index in [0.717, 1.165) is 6.26 Å². The summed E-state index contributed by atoms with van der Waals surface area (Å²) in [5, 5.41) is 10.8. The van der Waals surface area contributed by atoms with Gasteiger partial charge in [-0.15, -0.1) is 0 Å². The molecule has 1 aromatic carbocycles. The molecule has 0 saturated carbocycles. The van der Waals surface area contributed by atoms with Crippen LogP contribution in [0.4, 0.5) is 5.69 Å². The Morgan fingerprint density at radius 1 is 1.23 bits per heavy atom. The van der Waals surface area contributed by atoms with Crippen LogP contribution in [0.2, 0.25) is 0 Å². The second-order valence-corrected chi connectivity index (χ2v) is 7.20. The molecule has 0 unspecified atom stereocenters. The predicted octanol–water partition coefficient (Wildman–Crippen LogP) is 0.621. The average Bonchev–Trinajstić information content (AvgIpc) is 2.45. The summed E-state index contributed by atoms with van der Waals surface area (Å²) in [7, 11) is -3.24. The summed E-state index contributed by atoms with van der Waals surface area (Å²) in [4.78, 5) is 24.2. The Labute approximate surface area is 128 Å². The lowest BCUT2D eigenvalue weighted by atomic mass is 10.1. The summed E-state index contributed by atoms with van der Waals surface area (Å²) in [6.45, 7) is 2.72. The Balaban J connectivity index is 2.10. The highest BCUT2D eigenvalue weighted by molar-refractivity contribution is 7.88. The summed E-state index contributed by atoms with van der Waals surface area (Å²) in [5.41, 5.74) is 0.764. The number of benzene rings is 1. The maximum absolute atomic E-state index is 12.4. The van der Waals surface area contributed by atoms with Crippen molar-refractivity contribution in [1.29, 1.82) is 0 Å². The highest BCUT2D eigenvalue weighted by Crippen LogP contribution is 2.20. The maximum atomic E-state index is 12.4. The van der Waals surface area contributed by atoms with E-state index in [0.29, 0.717) is 24.2 Å². The number of nitrogens with zero attached hydrogens (tertiary/aromatic N) is 3. The van der Waals surface area contributed by atoms with Gasteiger partial charge in [0.2, 0.25) is 10.0 Å². The van der Waals surface area contributed by atoms with Crippen molar-refractivity contribution in [3.8, 4) is 0 Å². The van der Waals surface area contributed by atoms with E-state index in [1.165, 1.54) is 22.5 Å². The van der Waals surface area contributed by atoms with Crippen LogP contribution in [-0.4, -0.2) is 60.9 Å². The first-order valence-corrected chi connectivity index (χ1v) is 8.54. The Hall–Kier alpha value is -2.00. The Bertz CT molecular complexity index is 708. The molecule has 1 amide bonds. The number of amides is 1. The number of piperazine rings is 1. The van der Waals surface area contributed by atoms with Crippen LogP contribution in [0.25, 0.3) is 0 Å². The summed E-state index contributed by atoms with van der Waals surface area (Å²) in [6, 6.07) is 4.23. The number of sulfonamides is 1. The number of carbonyl (C=O) groups excluding carboxylic acids is 1. The molecule has 120 valence electrons. The van der Waals surface area contributed by atoms with E-state index in [1.807, 2.05) is 0 Å². The molecule has 0 aliphatic carbocycles. The molecule has 1 aromatic rings. The van der Waals surface area contributed by atoms with Gasteiger partial charge >= 0.3 is 0 Å². The third-order valence-corrected chi connectivity index (χ3v) is 4.94. The van der Waals surface area contributed by atoms with E-state index >= 15 is 0 Å². The molecule has 2 rings (SSSR count). The van der Waals surface area contributed by atoms with Crippen molar-refractivity contribution < 1.29 is 18.1 Å². The van der Waals surface area contributed by atoms with Gasteiger partial charge in [0.1, 0.15) is 0 Å². The molecule has 0 bridgehead atoms. The second kappa shape index (κ2) is 6.01. The molecular weight excluding hydrogens is 310 g/mol. The molecule has 1 aliphatic heterocycles.